The normalized spacial score (nSPS) is 12.7. The van der Waals surface area contributed by atoms with Gasteiger partial charge in [-0.1, -0.05) is 29.8 Å². The largest absolute Gasteiger partial charge is 0.335 e. The molecule has 0 aliphatic rings. The maximum atomic E-state index is 12.7. The van der Waals surface area contributed by atoms with Gasteiger partial charge in [0.05, 0.1) is 10.9 Å². The van der Waals surface area contributed by atoms with E-state index in [9.17, 15) is 13.2 Å². The van der Waals surface area contributed by atoms with Crippen LogP contribution in [0, 0.1) is 13.8 Å². The van der Waals surface area contributed by atoms with Gasteiger partial charge in [-0.05, 0) is 50.1 Å². The van der Waals surface area contributed by atoms with E-state index in [0.717, 1.165) is 16.7 Å². The van der Waals surface area contributed by atoms with Gasteiger partial charge in [-0.2, -0.15) is 0 Å². The van der Waals surface area contributed by atoms with Crippen LogP contribution in [0.2, 0.25) is 0 Å². The number of sulfone groups is 1. The van der Waals surface area contributed by atoms with E-state index in [4.69, 9.17) is 0 Å². The van der Waals surface area contributed by atoms with Crippen LogP contribution in [-0.2, 0) is 9.84 Å². The lowest BCUT2D eigenvalue weighted by atomic mass is 10.0. The first-order valence-corrected chi connectivity index (χ1v) is 9.65. The number of carbonyl (C=O) groups is 1. The van der Waals surface area contributed by atoms with Crippen LogP contribution in [0.5, 0.6) is 0 Å². The fourth-order valence-corrected chi connectivity index (χ4v) is 3.27. The van der Waals surface area contributed by atoms with Gasteiger partial charge in [0, 0.05) is 18.9 Å². The Morgan fingerprint density at radius 2 is 1.62 bits per heavy atom. The lowest BCUT2D eigenvalue weighted by Crippen LogP contribution is -2.30. The number of carbonyl (C=O) groups excluding carboxylic acids is 1. The van der Waals surface area contributed by atoms with Crippen LogP contribution < -0.4 is 0 Å². The molecule has 0 bridgehead atoms. The molecule has 2 aromatic rings. The highest BCUT2D eigenvalue weighted by atomic mass is 32.2. The Labute approximate surface area is 144 Å². The summed E-state index contributed by atoms with van der Waals surface area (Å²) in [4.78, 5) is 14.7. The molecule has 0 fully saturated rings. The summed E-state index contributed by atoms with van der Waals surface area (Å²) in [6.45, 7) is 5.85. The number of rotatable bonds is 4. The third-order valence-corrected chi connectivity index (χ3v) is 5.43. The molecule has 1 atom stereocenters. The molecule has 2 rings (SSSR count). The molecule has 128 valence electrons. The Hall–Kier alpha value is -2.14. The van der Waals surface area contributed by atoms with Crippen LogP contribution in [0.4, 0.5) is 0 Å². The van der Waals surface area contributed by atoms with Crippen LogP contribution in [-0.4, -0.2) is 32.5 Å². The summed E-state index contributed by atoms with van der Waals surface area (Å²) in [7, 11) is -1.45. The molecular weight excluding hydrogens is 322 g/mol. The van der Waals surface area contributed by atoms with E-state index in [-0.39, 0.29) is 16.8 Å². The standard InChI is InChI=1S/C19H23NO3S/c1-13-6-11-18(14(2)12-13)19(21)20(4)15(3)16-7-9-17(10-8-16)24(5,22)23/h6-12,15H,1-5H3/t15-/m1/s1. The fourth-order valence-electron chi connectivity index (χ4n) is 2.64. The fraction of sp³-hybridized carbons (Fsp3) is 0.316. The maximum absolute atomic E-state index is 12.7. The Kier molecular flexibility index (Phi) is 5.13. The molecule has 0 aromatic heterocycles. The minimum atomic E-state index is -3.22. The summed E-state index contributed by atoms with van der Waals surface area (Å²) >= 11 is 0. The molecule has 0 spiro atoms. The molecule has 5 heteroatoms. The van der Waals surface area contributed by atoms with Crippen LogP contribution in [0.3, 0.4) is 0 Å². The van der Waals surface area contributed by atoms with Gasteiger partial charge >= 0.3 is 0 Å². The molecule has 0 radical (unpaired) electrons. The molecule has 0 N–H and O–H groups in total. The smallest absolute Gasteiger partial charge is 0.254 e. The number of hydrogen-bond acceptors (Lipinski definition) is 3. The Bertz CT molecular complexity index is 855. The quantitative estimate of drug-likeness (QED) is 0.852. The van der Waals surface area contributed by atoms with Gasteiger partial charge in [-0.25, -0.2) is 8.42 Å². The number of nitrogens with zero attached hydrogens (tertiary/aromatic N) is 1. The van der Waals surface area contributed by atoms with Gasteiger partial charge in [-0.3, -0.25) is 4.79 Å². The van der Waals surface area contributed by atoms with E-state index in [1.165, 1.54) is 6.26 Å². The van der Waals surface area contributed by atoms with Crippen molar-refractivity contribution in [1.29, 1.82) is 0 Å². The van der Waals surface area contributed by atoms with Gasteiger partial charge in [0.1, 0.15) is 0 Å². The number of aryl methyl sites for hydroxylation is 2. The van der Waals surface area contributed by atoms with Crippen molar-refractivity contribution in [2.45, 2.75) is 31.7 Å². The Morgan fingerprint density at radius 1 is 1.04 bits per heavy atom. The third-order valence-electron chi connectivity index (χ3n) is 4.30. The summed E-state index contributed by atoms with van der Waals surface area (Å²) in [5.74, 6) is -0.0489. The molecule has 0 aliphatic carbocycles. The maximum Gasteiger partial charge on any atom is 0.254 e. The predicted molar refractivity (Wildman–Crippen MR) is 96.0 cm³/mol. The lowest BCUT2D eigenvalue weighted by Gasteiger charge is -2.26. The molecule has 4 nitrogen and oxygen atoms in total. The minimum Gasteiger partial charge on any atom is -0.335 e. The van der Waals surface area contributed by atoms with E-state index in [1.807, 2.05) is 39.0 Å². The monoisotopic (exact) mass is 345 g/mol. The van der Waals surface area contributed by atoms with Crippen molar-refractivity contribution in [2.24, 2.45) is 0 Å². The number of benzene rings is 2. The highest BCUT2D eigenvalue weighted by Gasteiger charge is 2.20. The van der Waals surface area contributed by atoms with Crippen LogP contribution in [0.1, 0.15) is 40.0 Å². The van der Waals surface area contributed by atoms with Crippen molar-refractivity contribution in [2.75, 3.05) is 13.3 Å². The van der Waals surface area contributed by atoms with E-state index in [2.05, 4.69) is 0 Å². The Balaban J connectivity index is 2.25. The molecule has 0 heterocycles. The molecular formula is C19H23NO3S. The molecule has 0 aliphatic heterocycles. The molecule has 0 saturated heterocycles. The van der Waals surface area contributed by atoms with Crippen molar-refractivity contribution >= 4 is 15.7 Å². The SMILES string of the molecule is Cc1ccc(C(=O)N(C)[C@H](C)c2ccc(S(C)(=O)=O)cc2)c(C)c1. The molecule has 0 unspecified atom stereocenters. The zero-order chi connectivity index (χ0) is 18.1. The van der Waals surface area contributed by atoms with Gasteiger partial charge in [0.25, 0.3) is 5.91 Å². The average molecular weight is 345 g/mol. The zero-order valence-electron chi connectivity index (χ0n) is 14.7. The van der Waals surface area contributed by atoms with E-state index in [1.54, 1.807) is 36.2 Å². The second-order valence-electron chi connectivity index (χ2n) is 6.25. The van der Waals surface area contributed by atoms with Crippen molar-refractivity contribution in [3.63, 3.8) is 0 Å². The van der Waals surface area contributed by atoms with Gasteiger partial charge < -0.3 is 4.90 Å². The highest BCUT2D eigenvalue weighted by Crippen LogP contribution is 2.23. The summed E-state index contributed by atoms with van der Waals surface area (Å²) in [5.41, 5.74) is 3.65. The molecule has 24 heavy (non-hydrogen) atoms. The van der Waals surface area contributed by atoms with Crippen LogP contribution in [0.15, 0.2) is 47.4 Å². The molecule has 2 aromatic carbocycles. The second kappa shape index (κ2) is 6.77. The van der Waals surface area contributed by atoms with E-state index in [0.29, 0.717) is 5.56 Å². The van der Waals surface area contributed by atoms with E-state index >= 15 is 0 Å². The number of amides is 1. The van der Waals surface area contributed by atoms with Gasteiger partial charge in [-0.15, -0.1) is 0 Å². The summed E-state index contributed by atoms with van der Waals surface area (Å²) in [6, 6.07) is 12.3. The first-order chi connectivity index (χ1) is 11.1. The number of hydrogen-bond donors (Lipinski definition) is 0. The first-order valence-electron chi connectivity index (χ1n) is 7.75. The summed E-state index contributed by atoms with van der Waals surface area (Å²) < 4.78 is 23.1. The minimum absolute atomic E-state index is 0.0489. The third kappa shape index (κ3) is 3.85. The molecule has 1 amide bonds. The summed E-state index contributed by atoms with van der Waals surface area (Å²) in [5, 5.41) is 0. The van der Waals surface area contributed by atoms with Gasteiger partial charge in [0.2, 0.25) is 0 Å². The Morgan fingerprint density at radius 3 is 2.12 bits per heavy atom. The van der Waals surface area contributed by atoms with Gasteiger partial charge in [0.15, 0.2) is 9.84 Å². The van der Waals surface area contributed by atoms with Crippen molar-refractivity contribution in [3.05, 3.63) is 64.7 Å². The predicted octanol–water partition coefficient (Wildman–Crippen LogP) is 3.54. The van der Waals surface area contributed by atoms with Crippen LogP contribution >= 0.6 is 0 Å². The van der Waals surface area contributed by atoms with Crippen molar-refractivity contribution < 1.29 is 13.2 Å². The average Bonchev–Trinajstić information content (AvgIpc) is 2.52. The van der Waals surface area contributed by atoms with Crippen LogP contribution in [0.25, 0.3) is 0 Å². The zero-order valence-corrected chi connectivity index (χ0v) is 15.5. The topological polar surface area (TPSA) is 54.5 Å². The lowest BCUT2D eigenvalue weighted by molar-refractivity contribution is 0.0742. The van der Waals surface area contributed by atoms with E-state index < -0.39 is 9.84 Å². The summed E-state index contributed by atoms with van der Waals surface area (Å²) in [6.07, 6.45) is 1.18. The second-order valence-corrected chi connectivity index (χ2v) is 8.27. The highest BCUT2D eigenvalue weighted by molar-refractivity contribution is 7.90. The van der Waals surface area contributed by atoms with Crippen molar-refractivity contribution in [1.82, 2.24) is 4.90 Å². The molecule has 0 saturated carbocycles. The van der Waals surface area contributed by atoms with Crippen molar-refractivity contribution in [3.8, 4) is 0 Å². The first kappa shape index (κ1) is 18.2.